The van der Waals surface area contributed by atoms with Crippen molar-refractivity contribution in [1.29, 1.82) is 0 Å². The quantitative estimate of drug-likeness (QED) is 0.705. The van der Waals surface area contributed by atoms with Gasteiger partial charge in [0.15, 0.2) is 16.6 Å². The molecule has 2 rings (SSSR count). The zero-order valence-electron chi connectivity index (χ0n) is 13.4. The fourth-order valence-corrected chi connectivity index (χ4v) is 2.85. The van der Waals surface area contributed by atoms with Gasteiger partial charge in [-0.2, -0.15) is 0 Å². The first-order valence-electron chi connectivity index (χ1n) is 6.88. The lowest BCUT2D eigenvalue weighted by Crippen LogP contribution is -2.16. The van der Waals surface area contributed by atoms with Gasteiger partial charge in [0.1, 0.15) is 0 Å². The molecule has 0 aliphatic rings. The SMILES string of the molecule is COc1ccc(CCNCc2cnc(N)s2)c(OC)c1OC.Cl. The van der Waals surface area contributed by atoms with E-state index >= 15 is 0 Å². The molecule has 0 atom stereocenters. The minimum atomic E-state index is 0. The number of thiazole rings is 1. The van der Waals surface area contributed by atoms with Crippen LogP contribution < -0.4 is 25.3 Å². The number of nitrogens with one attached hydrogen (secondary N) is 1. The average molecular weight is 360 g/mol. The number of methoxy groups -OCH3 is 3. The van der Waals surface area contributed by atoms with Gasteiger partial charge < -0.3 is 25.3 Å². The van der Waals surface area contributed by atoms with E-state index in [1.165, 1.54) is 11.3 Å². The number of hydrogen-bond donors (Lipinski definition) is 2. The number of hydrogen-bond acceptors (Lipinski definition) is 7. The van der Waals surface area contributed by atoms with Gasteiger partial charge in [0.05, 0.1) is 21.3 Å². The molecule has 0 unspecified atom stereocenters. The summed E-state index contributed by atoms with van der Waals surface area (Å²) in [6.07, 6.45) is 2.61. The normalized spacial score (nSPS) is 10.0. The molecule has 2 aromatic rings. The molecule has 128 valence electrons. The van der Waals surface area contributed by atoms with Gasteiger partial charge in [-0.1, -0.05) is 6.07 Å². The van der Waals surface area contributed by atoms with Crippen molar-refractivity contribution >= 4 is 28.9 Å². The van der Waals surface area contributed by atoms with Crippen molar-refractivity contribution in [3.63, 3.8) is 0 Å². The lowest BCUT2D eigenvalue weighted by atomic mass is 10.1. The number of halogens is 1. The van der Waals surface area contributed by atoms with E-state index in [1.54, 1.807) is 27.5 Å². The van der Waals surface area contributed by atoms with Crippen LogP contribution in [0.25, 0.3) is 0 Å². The second kappa shape index (κ2) is 9.44. The minimum Gasteiger partial charge on any atom is -0.493 e. The molecule has 0 fully saturated rings. The lowest BCUT2D eigenvalue weighted by molar-refractivity contribution is 0.322. The molecule has 0 radical (unpaired) electrons. The predicted molar refractivity (Wildman–Crippen MR) is 95.3 cm³/mol. The first-order valence-corrected chi connectivity index (χ1v) is 7.70. The van der Waals surface area contributed by atoms with Crippen LogP contribution in [-0.2, 0) is 13.0 Å². The molecule has 0 aliphatic carbocycles. The summed E-state index contributed by atoms with van der Waals surface area (Å²) in [5.74, 6) is 2.00. The molecule has 23 heavy (non-hydrogen) atoms. The highest BCUT2D eigenvalue weighted by molar-refractivity contribution is 7.15. The summed E-state index contributed by atoms with van der Waals surface area (Å²) in [6, 6.07) is 3.88. The number of nitrogens with zero attached hydrogens (tertiary/aromatic N) is 1. The van der Waals surface area contributed by atoms with Crippen LogP contribution in [0.15, 0.2) is 18.3 Å². The maximum Gasteiger partial charge on any atom is 0.203 e. The molecule has 0 aliphatic heterocycles. The van der Waals surface area contributed by atoms with Crippen LogP contribution in [0.4, 0.5) is 5.13 Å². The average Bonchev–Trinajstić information content (AvgIpc) is 2.95. The summed E-state index contributed by atoms with van der Waals surface area (Å²) in [5, 5.41) is 3.96. The Hall–Kier alpha value is -1.70. The van der Waals surface area contributed by atoms with E-state index in [0.717, 1.165) is 30.0 Å². The van der Waals surface area contributed by atoms with E-state index < -0.39 is 0 Å². The predicted octanol–water partition coefficient (Wildman–Crippen LogP) is 2.51. The van der Waals surface area contributed by atoms with Crippen LogP contribution in [0, 0.1) is 0 Å². The highest BCUT2D eigenvalue weighted by Gasteiger charge is 2.15. The Balaban J connectivity index is 0.00000264. The van der Waals surface area contributed by atoms with Crippen molar-refractivity contribution in [2.75, 3.05) is 33.6 Å². The lowest BCUT2D eigenvalue weighted by Gasteiger charge is -2.15. The summed E-state index contributed by atoms with van der Waals surface area (Å²) in [7, 11) is 4.85. The summed E-state index contributed by atoms with van der Waals surface area (Å²) in [6.45, 7) is 1.56. The Morgan fingerprint density at radius 2 is 1.87 bits per heavy atom. The van der Waals surface area contributed by atoms with Gasteiger partial charge in [-0.05, 0) is 24.6 Å². The number of nitrogen functional groups attached to an aromatic ring is 1. The van der Waals surface area contributed by atoms with Crippen LogP contribution in [0.2, 0.25) is 0 Å². The van der Waals surface area contributed by atoms with Gasteiger partial charge in [0.25, 0.3) is 0 Å². The number of anilines is 1. The number of aromatic nitrogens is 1. The van der Waals surface area contributed by atoms with Crippen LogP contribution in [0.3, 0.4) is 0 Å². The zero-order valence-corrected chi connectivity index (χ0v) is 15.1. The second-order valence-electron chi connectivity index (χ2n) is 4.59. The first-order chi connectivity index (χ1) is 10.7. The van der Waals surface area contributed by atoms with Crippen molar-refractivity contribution in [3.05, 3.63) is 28.8 Å². The molecule has 8 heteroatoms. The van der Waals surface area contributed by atoms with E-state index in [1.807, 2.05) is 12.1 Å². The number of nitrogens with two attached hydrogens (primary N) is 1. The van der Waals surface area contributed by atoms with Crippen LogP contribution in [0.5, 0.6) is 17.2 Å². The number of rotatable bonds is 8. The molecule has 0 bridgehead atoms. The summed E-state index contributed by atoms with van der Waals surface area (Å²) >= 11 is 1.50. The Morgan fingerprint density at radius 3 is 2.43 bits per heavy atom. The van der Waals surface area contributed by atoms with Gasteiger partial charge >= 0.3 is 0 Å². The molecule has 1 heterocycles. The van der Waals surface area contributed by atoms with Gasteiger partial charge in [-0.25, -0.2) is 4.98 Å². The Bertz CT molecular complexity index is 622. The fraction of sp³-hybridized carbons (Fsp3) is 0.400. The van der Waals surface area contributed by atoms with E-state index in [-0.39, 0.29) is 12.4 Å². The Kier molecular flexibility index (Phi) is 7.94. The third-order valence-electron chi connectivity index (χ3n) is 3.23. The van der Waals surface area contributed by atoms with Crippen molar-refractivity contribution in [2.45, 2.75) is 13.0 Å². The molecule has 0 spiro atoms. The standard InChI is InChI=1S/C15H21N3O3S.ClH/c1-19-12-5-4-10(13(20-2)14(12)21-3)6-7-17-8-11-9-18-15(16)22-11;/h4-5,9,17H,6-8H2,1-3H3,(H2,16,18);1H. The summed E-state index contributed by atoms with van der Waals surface area (Å²) in [4.78, 5) is 5.15. The smallest absolute Gasteiger partial charge is 0.203 e. The molecule has 6 nitrogen and oxygen atoms in total. The monoisotopic (exact) mass is 359 g/mol. The first kappa shape index (κ1) is 19.3. The second-order valence-corrected chi connectivity index (χ2v) is 5.73. The van der Waals surface area contributed by atoms with Crippen LogP contribution in [-0.4, -0.2) is 32.9 Å². The maximum absolute atomic E-state index is 5.61. The van der Waals surface area contributed by atoms with Crippen LogP contribution >= 0.6 is 23.7 Å². The molecule has 0 saturated heterocycles. The largest absolute Gasteiger partial charge is 0.493 e. The van der Waals surface area contributed by atoms with Gasteiger partial charge in [0, 0.05) is 17.6 Å². The summed E-state index contributed by atoms with van der Waals surface area (Å²) < 4.78 is 16.1. The van der Waals surface area contributed by atoms with E-state index in [9.17, 15) is 0 Å². The number of benzene rings is 1. The molecule has 1 aromatic carbocycles. The molecular formula is C15H22ClN3O3S. The molecule has 3 N–H and O–H groups in total. The van der Waals surface area contributed by atoms with E-state index in [2.05, 4.69) is 10.3 Å². The highest BCUT2D eigenvalue weighted by Crippen LogP contribution is 2.39. The third kappa shape index (κ3) is 4.89. The molecule has 0 amide bonds. The van der Waals surface area contributed by atoms with Crippen molar-refractivity contribution < 1.29 is 14.2 Å². The van der Waals surface area contributed by atoms with Gasteiger partial charge in [-0.15, -0.1) is 23.7 Å². The van der Waals surface area contributed by atoms with Crippen molar-refractivity contribution in [2.24, 2.45) is 0 Å². The zero-order chi connectivity index (χ0) is 15.9. The van der Waals surface area contributed by atoms with Gasteiger partial charge in [-0.3, -0.25) is 0 Å². The number of ether oxygens (including phenoxy) is 3. The van der Waals surface area contributed by atoms with E-state index in [0.29, 0.717) is 22.4 Å². The van der Waals surface area contributed by atoms with Gasteiger partial charge in [0.2, 0.25) is 5.75 Å². The fourth-order valence-electron chi connectivity index (χ4n) is 2.20. The maximum atomic E-state index is 5.61. The van der Waals surface area contributed by atoms with Crippen LogP contribution in [0.1, 0.15) is 10.4 Å². The topological polar surface area (TPSA) is 78.6 Å². The molecular weight excluding hydrogens is 338 g/mol. The summed E-state index contributed by atoms with van der Waals surface area (Å²) in [5.41, 5.74) is 6.67. The Labute approximate surface area is 146 Å². The third-order valence-corrected chi connectivity index (χ3v) is 4.05. The Morgan fingerprint density at radius 1 is 1.13 bits per heavy atom. The highest BCUT2D eigenvalue weighted by atomic mass is 35.5. The van der Waals surface area contributed by atoms with E-state index in [4.69, 9.17) is 19.9 Å². The van der Waals surface area contributed by atoms with Crippen molar-refractivity contribution in [3.8, 4) is 17.2 Å². The molecule has 1 aromatic heterocycles. The molecule has 0 saturated carbocycles. The minimum absolute atomic E-state index is 0. The van der Waals surface area contributed by atoms with Crippen molar-refractivity contribution in [1.82, 2.24) is 10.3 Å².